The lowest BCUT2D eigenvalue weighted by Crippen LogP contribution is -2.34. The van der Waals surface area contributed by atoms with Crippen molar-refractivity contribution in [2.75, 3.05) is 7.05 Å². The van der Waals surface area contributed by atoms with Gasteiger partial charge in [0.25, 0.3) is 0 Å². The number of terminal acetylenes is 1. The Bertz CT molecular complexity index is 181. The molecule has 0 aromatic carbocycles. The minimum absolute atomic E-state index is 0.110. The molecular formula is C8H12INO. The number of alkyl halides is 1. The molecule has 2 nitrogen and oxygen atoms in total. The first-order valence-electron chi connectivity index (χ1n) is 3.35. The Hall–Kier alpha value is -0.0800. The number of rotatable bonds is 4. The average Bonchev–Trinajstić information content (AvgIpc) is 1.87. The summed E-state index contributed by atoms with van der Waals surface area (Å²) in [4.78, 5) is 11.0. The first-order chi connectivity index (χ1) is 5.02. The van der Waals surface area contributed by atoms with Crippen LogP contribution < -0.4 is 5.32 Å². The molecule has 0 aliphatic rings. The quantitative estimate of drug-likeness (QED) is 0.360. The summed E-state index contributed by atoms with van der Waals surface area (Å²) in [6.45, 7) is 1.96. The monoisotopic (exact) mass is 265 g/mol. The Morgan fingerprint density at radius 3 is 2.73 bits per heavy atom. The van der Waals surface area contributed by atoms with Gasteiger partial charge in [-0.3, -0.25) is 4.79 Å². The first kappa shape index (κ1) is 10.9. The average molecular weight is 265 g/mol. The van der Waals surface area contributed by atoms with E-state index in [-0.39, 0.29) is 15.7 Å². The Morgan fingerprint density at radius 2 is 2.36 bits per heavy atom. The van der Waals surface area contributed by atoms with Crippen molar-refractivity contribution in [1.82, 2.24) is 5.32 Å². The Morgan fingerprint density at radius 1 is 1.82 bits per heavy atom. The van der Waals surface area contributed by atoms with Crippen molar-refractivity contribution in [1.29, 1.82) is 0 Å². The van der Waals surface area contributed by atoms with Gasteiger partial charge >= 0.3 is 0 Å². The lowest BCUT2D eigenvalue weighted by atomic mass is 10.1. The van der Waals surface area contributed by atoms with Crippen LogP contribution in [0.25, 0.3) is 0 Å². The predicted molar refractivity (Wildman–Crippen MR) is 54.6 cm³/mol. The number of ketones is 1. The summed E-state index contributed by atoms with van der Waals surface area (Å²) in [5.74, 6) is 2.44. The molecule has 0 rings (SSSR count). The molecule has 0 aliphatic carbocycles. The highest BCUT2D eigenvalue weighted by Gasteiger charge is 2.20. The molecule has 0 fully saturated rings. The molecule has 0 aromatic heterocycles. The zero-order valence-electron chi connectivity index (χ0n) is 6.78. The van der Waals surface area contributed by atoms with Crippen LogP contribution in [0.3, 0.4) is 0 Å². The standard InChI is InChI=1S/C8H12INO/c1-4-5-7(11)6-8(2,9)10-3/h1,10H,5-6H2,2-3H3. The van der Waals surface area contributed by atoms with E-state index < -0.39 is 0 Å². The second-order valence-electron chi connectivity index (χ2n) is 2.54. The molecule has 0 aliphatic heterocycles. The van der Waals surface area contributed by atoms with E-state index >= 15 is 0 Å². The maximum atomic E-state index is 11.0. The summed E-state index contributed by atoms with van der Waals surface area (Å²) in [6.07, 6.45) is 5.71. The van der Waals surface area contributed by atoms with Crippen molar-refractivity contribution in [3.05, 3.63) is 0 Å². The van der Waals surface area contributed by atoms with E-state index in [9.17, 15) is 4.79 Å². The van der Waals surface area contributed by atoms with Crippen molar-refractivity contribution in [2.45, 2.75) is 23.3 Å². The van der Waals surface area contributed by atoms with E-state index in [2.05, 4.69) is 33.8 Å². The smallest absolute Gasteiger partial charge is 0.147 e. The first-order valence-corrected chi connectivity index (χ1v) is 4.42. The SMILES string of the molecule is C#CCC(=O)CC(C)(I)NC. The van der Waals surface area contributed by atoms with Crippen LogP contribution in [0.2, 0.25) is 0 Å². The Kier molecular flexibility index (Phi) is 4.69. The minimum atomic E-state index is -0.161. The van der Waals surface area contributed by atoms with Crippen LogP contribution in [0, 0.1) is 12.3 Å². The molecule has 0 spiro atoms. The van der Waals surface area contributed by atoms with Gasteiger partial charge in [0.2, 0.25) is 0 Å². The summed E-state index contributed by atoms with van der Waals surface area (Å²) < 4.78 is -0.161. The molecule has 0 aromatic rings. The number of carbonyl (C=O) groups excluding carboxylic acids is 1. The zero-order valence-corrected chi connectivity index (χ0v) is 8.94. The van der Waals surface area contributed by atoms with Crippen LogP contribution in [0.4, 0.5) is 0 Å². The summed E-state index contributed by atoms with van der Waals surface area (Å²) in [7, 11) is 1.83. The van der Waals surface area contributed by atoms with Gasteiger partial charge in [-0.1, -0.05) is 28.5 Å². The largest absolute Gasteiger partial charge is 0.306 e. The Labute approximate surface area is 81.3 Å². The van der Waals surface area contributed by atoms with Crippen LogP contribution >= 0.6 is 22.6 Å². The fraction of sp³-hybridized carbons (Fsp3) is 0.625. The van der Waals surface area contributed by atoms with Gasteiger partial charge < -0.3 is 5.32 Å². The predicted octanol–water partition coefficient (Wildman–Crippen LogP) is 1.34. The van der Waals surface area contributed by atoms with E-state index in [1.807, 2.05) is 14.0 Å². The second kappa shape index (κ2) is 4.73. The van der Waals surface area contributed by atoms with E-state index in [4.69, 9.17) is 6.42 Å². The number of carbonyl (C=O) groups is 1. The second-order valence-corrected chi connectivity index (χ2v) is 4.92. The highest BCUT2D eigenvalue weighted by atomic mass is 127. The molecular weight excluding hydrogens is 253 g/mol. The lowest BCUT2D eigenvalue weighted by Gasteiger charge is -2.19. The maximum absolute atomic E-state index is 11.0. The highest BCUT2D eigenvalue weighted by Crippen LogP contribution is 2.18. The van der Waals surface area contributed by atoms with Gasteiger partial charge in [0, 0.05) is 6.42 Å². The van der Waals surface area contributed by atoms with E-state index in [0.29, 0.717) is 6.42 Å². The van der Waals surface area contributed by atoms with Crippen LogP contribution in [-0.2, 0) is 4.79 Å². The summed E-state index contributed by atoms with van der Waals surface area (Å²) in [5, 5.41) is 3.03. The van der Waals surface area contributed by atoms with Gasteiger partial charge in [-0.15, -0.1) is 6.42 Å². The van der Waals surface area contributed by atoms with Crippen LogP contribution in [0.15, 0.2) is 0 Å². The Balaban J connectivity index is 3.86. The fourth-order valence-corrected chi connectivity index (χ4v) is 1.06. The number of hydrogen-bond acceptors (Lipinski definition) is 2. The molecule has 0 saturated heterocycles. The summed E-state index contributed by atoms with van der Waals surface area (Å²) in [5.41, 5.74) is 0. The van der Waals surface area contributed by atoms with Crippen molar-refractivity contribution in [3.63, 3.8) is 0 Å². The van der Waals surface area contributed by atoms with Gasteiger partial charge in [-0.2, -0.15) is 0 Å². The van der Waals surface area contributed by atoms with E-state index in [1.165, 1.54) is 0 Å². The third kappa shape index (κ3) is 5.22. The number of Topliss-reactive ketones (excluding diaryl/α,β-unsaturated/α-hetero) is 1. The fourth-order valence-electron chi connectivity index (χ4n) is 0.635. The maximum Gasteiger partial charge on any atom is 0.147 e. The molecule has 62 valence electrons. The normalized spacial score (nSPS) is 15.1. The molecule has 0 radical (unpaired) electrons. The molecule has 0 bridgehead atoms. The van der Waals surface area contributed by atoms with Crippen molar-refractivity contribution >= 4 is 28.4 Å². The molecule has 3 heteroatoms. The topological polar surface area (TPSA) is 29.1 Å². The van der Waals surface area contributed by atoms with Gasteiger partial charge in [0.15, 0.2) is 0 Å². The molecule has 0 saturated carbocycles. The third-order valence-corrected chi connectivity index (χ3v) is 2.27. The summed E-state index contributed by atoms with van der Waals surface area (Å²) >= 11 is 2.19. The lowest BCUT2D eigenvalue weighted by molar-refractivity contribution is -0.118. The third-order valence-electron chi connectivity index (χ3n) is 1.35. The van der Waals surface area contributed by atoms with Gasteiger partial charge in [0.1, 0.15) is 5.78 Å². The van der Waals surface area contributed by atoms with E-state index in [1.54, 1.807) is 0 Å². The molecule has 11 heavy (non-hydrogen) atoms. The molecule has 1 atom stereocenters. The molecule has 1 N–H and O–H groups in total. The van der Waals surface area contributed by atoms with Crippen molar-refractivity contribution < 1.29 is 4.79 Å². The van der Waals surface area contributed by atoms with Gasteiger partial charge in [-0.25, -0.2) is 0 Å². The minimum Gasteiger partial charge on any atom is -0.306 e. The highest BCUT2D eigenvalue weighted by molar-refractivity contribution is 14.1. The summed E-state index contributed by atoms with van der Waals surface area (Å²) in [6, 6.07) is 0. The number of hydrogen-bond donors (Lipinski definition) is 1. The van der Waals surface area contributed by atoms with Crippen LogP contribution in [0.1, 0.15) is 19.8 Å². The molecule has 0 amide bonds. The molecule has 1 unspecified atom stereocenters. The zero-order chi connectivity index (χ0) is 8.91. The van der Waals surface area contributed by atoms with Crippen molar-refractivity contribution in [3.8, 4) is 12.3 Å². The number of halogens is 1. The van der Waals surface area contributed by atoms with Crippen molar-refractivity contribution in [2.24, 2.45) is 0 Å². The van der Waals surface area contributed by atoms with Crippen LogP contribution in [-0.4, -0.2) is 16.4 Å². The van der Waals surface area contributed by atoms with E-state index in [0.717, 1.165) is 0 Å². The van der Waals surface area contributed by atoms with Crippen LogP contribution in [0.5, 0.6) is 0 Å². The van der Waals surface area contributed by atoms with Gasteiger partial charge in [-0.05, 0) is 14.0 Å². The van der Waals surface area contributed by atoms with Gasteiger partial charge in [0.05, 0.1) is 9.97 Å². The molecule has 0 heterocycles. The number of nitrogens with one attached hydrogen (secondary N) is 1.